The van der Waals surface area contributed by atoms with E-state index in [-0.39, 0.29) is 18.3 Å². The molecule has 0 aromatic carbocycles. The summed E-state index contributed by atoms with van der Waals surface area (Å²) in [6.07, 6.45) is 16.5. The minimum Gasteiger partial charge on any atom is -0.396 e. The number of aliphatic hydroxyl groups excluding tert-OH is 1. The molecule has 3 N–H and O–H groups in total. The normalized spacial score (nSPS) is 16.8. The molecule has 0 unspecified atom stereocenters. The van der Waals surface area contributed by atoms with Crippen molar-refractivity contribution in [2.75, 3.05) is 13.2 Å². The molecule has 0 saturated heterocycles. The third-order valence-electron chi connectivity index (χ3n) is 3.53. The Morgan fingerprint density at radius 3 is 2.88 bits per heavy atom. The summed E-state index contributed by atoms with van der Waals surface area (Å²) in [6.45, 7) is 2.85. The van der Waals surface area contributed by atoms with Gasteiger partial charge in [-0.3, -0.25) is 4.79 Å². The van der Waals surface area contributed by atoms with Gasteiger partial charge in [0.25, 0.3) is 0 Å². The van der Waals surface area contributed by atoms with Crippen LogP contribution in [-0.2, 0) is 4.79 Å². The van der Waals surface area contributed by atoms with Crippen LogP contribution >= 0.6 is 11.6 Å². The first kappa shape index (κ1) is 21.9. The second-order valence-corrected chi connectivity index (χ2v) is 5.94. The van der Waals surface area contributed by atoms with Crippen LogP contribution in [0.5, 0.6) is 0 Å². The molecule has 142 valence electrons. The van der Waals surface area contributed by atoms with E-state index < -0.39 is 0 Å². The minimum atomic E-state index is -0.221. The Bertz CT molecular complexity index is 646. The van der Waals surface area contributed by atoms with Crippen LogP contribution in [0.15, 0.2) is 70.9 Å². The van der Waals surface area contributed by atoms with Crippen LogP contribution in [0.4, 0.5) is 4.39 Å². The Kier molecular flexibility index (Phi) is 11.1. The zero-order valence-corrected chi connectivity index (χ0v) is 15.7. The van der Waals surface area contributed by atoms with Crippen molar-refractivity contribution in [3.8, 4) is 0 Å². The van der Waals surface area contributed by atoms with Crippen molar-refractivity contribution in [1.82, 2.24) is 10.6 Å². The van der Waals surface area contributed by atoms with E-state index in [0.29, 0.717) is 24.3 Å². The molecule has 1 heterocycles. The average Bonchev–Trinajstić information content (AvgIpc) is 3.06. The summed E-state index contributed by atoms with van der Waals surface area (Å²) in [7, 11) is 0. The van der Waals surface area contributed by atoms with E-state index in [1.165, 1.54) is 0 Å². The highest BCUT2D eigenvalue weighted by atomic mass is 35.5. The van der Waals surface area contributed by atoms with Crippen molar-refractivity contribution >= 4 is 17.5 Å². The van der Waals surface area contributed by atoms with E-state index in [0.717, 1.165) is 24.2 Å². The summed E-state index contributed by atoms with van der Waals surface area (Å²) >= 11 is 5.84. The van der Waals surface area contributed by atoms with Crippen LogP contribution in [-0.4, -0.2) is 24.2 Å². The van der Waals surface area contributed by atoms with Gasteiger partial charge in [0.05, 0.1) is 5.03 Å². The molecule has 0 radical (unpaired) electrons. The quantitative estimate of drug-likeness (QED) is 0.607. The van der Waals surface area contributed by atoms with Gasteiger partial charge in [-0.1, -0.05) is 42.0 Å². The molecule has 0 fully saturated rings. The summed E-state index contributed by atoms with van der Waals surface area (Å²) in [5.41, 5.74) is 1.90. The number of aliphatic hydroxyl groups is 1. The topological polar surface area (TPSA) is 61.4 Å². The SMILES string of the molecule is C\C=C/C=C\C=C\NC(=O)CCCO.FC1=C(Cl)C2=C(C=CC1)NCC2. The first-order valence-corrected chi connectivity index (χ1v) is 9.00. The van der Waals surface area contributed by atoms with Crippen molar-refractivity contribution in [2.24, 2.45) is 0 Å². The zero-order valence-electron chi connectivity index (χ0n) is 15.0. The molecule has 0 atom stereocenters. The van der Waals surface area contributed by atoms with E-state index >= 15 is 0 Å². The van der Waals surface area contributed by atoms with Crippen molar-refractivity contribution < 1.29 is 14.3 Å². The zero-order chi connectivity index (χ0) is 19.2. The average molecular weight is 381 g/mol. The van der Waals surface area contributed by atoms with E-state index in [4.69, 9.17) is 16.7 Å². The Morgan fingerprint density at radius 1 is 1.38 bits per heavy atom. The number of hydrogen-bond donors (Lipinski definition) is 3. The Hall–Kier alpha value is -2.11. The van der Waals surface area contributed by atoms with E-state index in [2.05, 4.69) is 10.6 Å². The summed E-state index contributed by atoms with van der Waals surface area (Å²) in [5, 5.41) is 14.5. The van der Waals surface area contributed by atoms with Gasteiger partial charge in [-0.2, -0.15) is 0 Å². The number of carbonyl (C=O) groups is 1. The van der Waals surface area contributed by atoms with Crippen molar-refractivity contribution in [3.63, 3.8) is 0 Å². The molecule has 0 spiro atoms. The fourth-order valence-electron chi connectivity index (χ4n) is 2.23. The molecule has 26 heavy (non-hydrogen) atoms. The molecule has 0 aromatic rings. The molecule has 1 aliphatic heterocycles. The van der Waals surface area contributed by atoms with Gasteiger partial charge < -0.3 is 15.7 Å². The highest BCUT2D eigenvalue weighted by molar-refractivity contribution is 6.32. The summed E-state index contributed by atoms with van der Waals surface area (Å²) < 4.78 is 13.1. The number of halogens is 2. The van der Waals surface area contributed by atoms with E-state index in [1.54, 1.807) is 18.4 Å². The monoisotopic (exact) mass is 380 g/mol. The molecule has 1 aliphatic carbocycles. The molecule has 2 aliphatic rings. The first-order chi connectivity index (χ1) is 12.6. The third kappa shape index (κ3) is 8.32. The fourth-order valence-corrected chi connectivity index (χ4v) is 2.51. The first-order valence-electron chi connectivity index (χ1n) is 8.63. The second kappa shape index (κ2) is 13.1. The smallest absolute Gasteiger partial charge is 0.223 e. The molecular weight excluding hydrogens is 355 g/mol. The maximum absolute atomic E-state index is 13.1. The number of allylic oxidation sites excluding steroid dienone is 9. The molecule has 0 saturated carbocycles. The fraction of sp³-hybridized carbons (Fsp3) is 0.350. The lowest BCUT2D eigenvalue weighted by molar-refractivity contribution is -0.120. The molecule has 0 bridgehead atoms. The number of rotatable bonds is 6. The summed E-state index contributed by atoms with van der Waals surface area (Å²) in [6, 6.07) is 0. The van der Waals surface area contributed by atoms with E-state index in [9.17, 15) is 9.18 Å². The second-order valence-electron chi connectivity index (χ2n) is 5.56. The number of hydrogen-bond acceptors (Lipinski definition) is 3. The van der Waals surface area contributed by atoms with Crippen LogP contribution in [0, 0.1) is 0 Å². The highest BCUT2D eigenvalue weighted by Crippen LogP contribution is 2.32. The Balaban J connectivity index is 0.000000262. The Labute approximate surface area is 159 Å². The maximum atomic E-state index is 13.1. The van der Waals surface area contributed by atoms with Gasteiger partial charge in [0.1, 0.15) is 5.83 Å². The number of amides is 1. The van der Waals surface area contributed by atoms with Gasteiger partial charge in [0, 0.05) is 37.9 Å². The molecular formula is C20H26ClFN2O2. The third-order valence-corrected chi connectivity index (χ3v) is 3.96. The van der Waals surface area contributed by atoms with Gasteiger partial charge in [-0.15, -0.1) is 0 Å². The minimum absolute atomic E-state index is 0.0539. The highest BCUT2D eigenvalue weighted by Gasteiger charge is 2.19. The molecule has 0 aromatic heterocycles. The largest absolute Gasteiger partial charge is 0.396 e. The molecule has 4 nitrogen and oxygen atoms in total. The van der Waals surface area contributed by atoms with Crippen LogP contribution in [0.25, 0.3) is 0 Å². The number of carbonyl (C=O) groups excluding carboxylic acids is 1. The molecule has 2 rings (SSSR count). The lowest BCUT2D eigenvalue weighted by Gasteiger charge is -1.99. The van der Waals surface area contributed by atoms with Crippen molar-refractivity contribution in [2.45, 2.75) is 32.6 Å². The van der Waals surface area contributed by atoms with E-state index in [1.807, 2.05) is 37.3 Å². The van der Waals surface area contributed by atoms with Gasteiger partial charge in [-0.05, 0) is 37.5 Å². The Morgan fingerprint density at radius 2 is 2.15 bits per heavy atom. The van der Waals surface area contributed by atoms with Crippen molar-refractivity contribution in [3.05, 3.63) is 70.9 Å². The lowest BCUT2D eigenvalue weighted by atomic mass is 10.2. The van der Waals surface area contributed by atoms with Crippen molar-refractivity contribution in [1.29, 1.82) is 0 Å². The standard InChI is InChI=1S/C11H17NO2.C9H9ClFN/c1-2-3-4-5-6-9-12-11(14)8-7-10-13;10-9-6-4-5-12-8(6)3-1-2-7(9)11/h2-6,9,13H,7-8,10H2,1H3,(H,12,14);1,3,12H,2,4-5H2/b3-2-,5-4-,9-6+;. The van der Waals surface area contributed by atoms with Crippen LogP contribution < -0.4 is 10.6 Å². The molecule has 6 heteroatoms. The van der Waals surface area contributed by atoms with Crippen LogP contribution in [0.2, 0.25) is 0 Å². The lowest BCUT2D eigenvalue weighted by Crippen LogP contribution is -2.16. The van der Waals surface area contributed by atoms with Gasteiger partial charge >= 0.3 is 0 Å². The predicted molar refractivity (Wildman–Crippen MR) is 105 cm³/mol. The number of nitrogens with one attached hydrogen (secondary N) is 2. The summed E-state index contributed by atoms with van der Waals surface area (Å²) in [4.78, 5) is 11.0. The molecule has 1 amide bonds. The van der Waals surface area contributed by atoms with Crippen LogP contribution in [0.1, 0.15) is 32.6 Å². The van der Waals surface area contributed by atoms with Crippen LogP contribution in [0.3, 0.4) is 0 Å². The summed E-state index contributed by atoms with van der Waals surface area (Å²) in [5.74, 6) is -0.295. The maximum Gasteiger partial charge on any atom is 0.223 e. The van der Waals surface area contributed by atoms with Gasteiger partial charge in [0.15, 0.2) is 0 Å². The van der Waals surface area contributed by atoms with Gasteiger partial charge in [0.2, 0.25) is 5.91 Å². The van der Waals surface area contributed by atoms with Gasteiger partial charge in [-0.25, -0.2) is 4.39 Å². The predicted octanol–water partition coefficient (Wildman–Crippen LogP) is 4.13.